The first kappa shape index (κ1) is 30.5. The van der Waals surface area contributed by atoms with Gasteiger partial charge < -0.3 is 10.2 Å². The van der Waals surface area contributed by atoms with Crippen molar-refractivity contribution in [1.82, 2.24) is 10.2 Å². The fourth-order valence-electron chi connectivity index (χ4n) is 4.58. The molecule has 0 bridgehead atoms. The Labute approximate surface area is 246 Å². The lowest BCUT2D eigenvalue weighted by Gasteiger charge is -2.33. The highest BCUT2D eigenvalue weighted by atomic mass is 32.2. The lowest BCUT2D eigenvalue weighted by Crippen LogP contribution is -2.53. The summed E-state index contributed by atoms with van der Waals surface area (Å²) in [4.78, 5) is 28.8. The molecule has 0 radical (unpaired) electrons. The summed E-state index contributed by atoms with van der Waals surface area (Å²) in [5, 5.41) is 2.67. The minimum absolute atomic E-state index is 0.0857. The van der Waals surface area contributed by atoms with Crippen LogP contribution in [0.4, 0.5) is 10.1 Å². The monoisotopic (exact) mass is 587 g/mol. The van der Waals surface area contributed by atoms with E-state index in [-0.39, 0.29) is 29.5 Å². The molecule has 42 heavy (non-hydrogen) atoms. The van der Waals surface area contributed by atoms with Gasteiger partial charge in [0.25, 0.3) is 10.0 Å². The van der Waals surface area contributed by atoms with Crippen LogP contribution >= 0.6 is 0 Å². The highest BCUT2D eigenvalue weighted by Gasteiger charge is 2.34. The molecule has 0 aliphatic rings. The smallest absolute Gasteiger partial charge is 0.264 e. The van der Waals surface area contributed by atoms with Crippen LogP contribution in [0.3, 0.4) is 0 Å². The number of anilines is 1. The number of likely N-dealkylation sites (N-methyl/N-ethyl adjacent to an activating group) is 1. The SMILES string of the molecule is CNC(=O)C(Cc1ccccc1)N(Cc1ccc(C)cc1)C(=O)CN(c1ccc(C)cc1)S(=O)(=O)c1ccc(F)cc1. The fourth-order valence-corrected chi connectivity index (χ4v) is 6.00. The van der Waals surface area contributed by atoms with Gasteiger partial charge in [-0.25, -0.2) is 12.8 Å². The lowest BCUT2D eigenvalue weighted by molar-refractivity contribution is -0.139. The van der Waals surface area contributed by atoms with E-state index in [9.17, 15) is 22.4 Å². The van der Waals surface area contributed by atoms with Crippen molar-refractivity contribution in [3.8, 4) is 0 Å². The zero-order valence-electron chi connectivity index (χ0n) is 23.8. The molecule has 4 aromatic carbocycles. The molecule has 0 aliphatic heterocycles. The van der Waals surface area contributed by atoms with E-state index in [4.69, 9.17) is 0 Å². The average Bonchev–Trinajstić information content (AvgIpc) is 2.99. The third-order valence-electron chi connectivity index (χ3n) is 6.99. The number of nitrogens with one attached hydrogen (secondary N) is 1. The summed E-state index contributed by atoms with van der Waals surface area (Å²) in [6.07, 6.45) is 0.230. The molecule has 9 heteroatoms. The zero-order chi connectivity index (χ0) is 30.3. The van der Waals surface area contributed by atoms with Gasteiger partial charge in [-0.15, -0.1) is 0 Å². The van der Waals surface area contributed by atoms with Crippen LogP contribution in [0.5, 0.6) is 0 Å². The summed E-state index contributed by atoms with van der Waals surface area (Å²) in [5.41, 5.74) is 3.86. The predicted molar refractivity (Wildman–Crippen MR) is 162 cm³/mol. The number of amides is 2. The van der Waals surface area contributed by atoms with Crippen LogP contribution in [0.15, 0.2) is 108 Å². The predicted octanol–water partition coefficient (Wildman–Crippen LogP) is 5.02. The summed E-state index contributed by atoms with van der Waals surface area (Å²) in [7, 11) is -2.78. The normalized spacial score (nSPS) is 11.9. The lowest BCUT2D eigenvalue weighted by atomic mass is 10.0. The Kier molecular flexibility index (Phi) is 9.75. The second-order valence-corrected chi connectivity index (χ2v) is 12.0. The van der Waals surface area contributed by atoms with Crippen molar-refractivity contribution in [2.75, 3.05) is 17.9 Å². The summed E-state index contributed by atoms with van der Waals surface area (Å²) in [6, 6.07) is 27.2. The van der Waals surface area contributed by atoms with Crippen LogP contribution in [0.25, 0.3) is 0 Å². The molecule has 218 valence electrons. The molecule has 2 amide bonds. The van der Waals surface area contributed by atoms with Crippen LogP contribution in [-0.2, 0) is 32.6 Å². The Bertz CT molecular complexity index is 1610. The molecule has 0 aromatic heterocycles. The molecule has 7 nitrogen and oxygen atoms in total. The number of rotatable bonds is 11. The molecule has 0 heterocycles. The third-order valence-corrected chi connectivity index (χ3v) is 8.78. The van der Waals surface area contributed by atoms with Gasteiger partial charge in [-0.05, 0) is 61.4 Å². The topological polar surface area (TPSA) is 86.8 Å². The van der Waals surface area contributed by atoms with Crippen LogP contribution in [0.2, 0.25) is 0 Å². The van der Waals surface area contributed by atoms with Crippen LogP contribution in [0.1, 0.15) is 22.3 Å². The van der Waals surface area contributed by atoms with Crippen molar-refractivity contribution in [3.63, 3.8) is 0 Å². The van der Waals surface area contributed by atoms with Crippen LogP contribution < -0.4 is 9.62 Å². The first-order valence-electron chi connectivity index (χ1n) is 13.5. The molecule has 4 rings (SSSR count). The highest BCUT2D eigenvalue weighted by molar-refractivity contribution is 7.92. The van der Waals surface area contributed by atoms with E-state index in [1.54, 1.807) is 24.3 Å². The Balaban J connectivity index is 1.77. The summed E-state index contributed by atoms with van der Waals surface area (Å²) in [5.74, 6) is -1.51. The van der Waals surface area contributed by atoms with E-state index in [1.165, 1.54) is 24.1 Å². The number of carbonyl (C=O) groups excluding carboxylic acids is 2. The summed E-state index contributed by atoms with van der Waals surface area (Å²) in [6.45, 7) is 3.34. The number of hydrogen-bond donors (Lipinski definition) is 1. The van der Waals surface area contributed by atoms with Crippen molar-refractivity contribution in [3.05, 3.63) is 131 Å². The third kappa shape index (κ3) is 7.41. The number of sulfonamides is 1. The molecule has 0 saturated heterocycles. The van der Waals surface area contributed by atoms with E-state index in [0.29, 0.717) is 0 Å². The Morgan fingerprint density at radius 3 is 1.93 bits per heavy atom. The largest absolute Gasteiger partial charge is 0.357 e. The maximum atomic E-state index is 14.2. The van der Waals surface area contributed by atoms with E-state index in [2.05, 4.69) is 5.32 Å². The quantitative estimate of drug-likeness (QED) is 0.267. The molecule has 1 unspecified atom stereocenters. The minimum atomic E-state index is -4.28. The number of benzene rings is 4. The fraction of sp³-hybridized carbons (Fsp3) is 0.212. The molecule has 0 saturated carbocycles. The second-order valence-electron chi connectivity index (χ2n) is 10.1. The van der Waals surface area contributed by atoms with Gasteiger partial charge in [-0.1, -0.05) is 77.9 Å². The standard InChI is InChI=1S/C33H34FN3O4S/c1-24-9-13-27(14-10-24)22-36(31(33(39)35-3)21-26-7-5-4-6-8-26)32(38)23-37(29-17-11-25(2)12-18-29)42(40,41)30-19-15-28(34)16-20-30/h4-20,31H,21-23H2,1-3H3,(H,35,39). The molecular formula is C33H34FN3O4S. The van der Waals surface area contributed by atoms with Crippen molar-refractivity contribution in [2.24, 2.45) is 0 Å². The van der Waals surface area contributed by atoms with Gasteiger partial charge in [0.1, 0.15) is 18.4 Å². The van der Waals surface area contributed by atoms with Crippen LogP contribution in [0, 0.1) is 19.7 Å². The Morgan fingerprint density at radius 2 is 1.36 bits per heavy atom. The first-order valence-corrected chi connectivity index (χ1v) is 15.0. The van der Waals surface area contributed by atoms with Gasteiger partial charge in [0.15, 0.2) is 0 Å². The summed E-state index contributed by atoms with van der Waals surface area (Å²) >= 11 is 0. The van der Waals surface area contributed by atoms with E-state index >= 15 is 0 Å². The van der Waals surface area contributed by atoms with Gasteiger partial charge in [0.05, 0.1) is 10.6 Å². The van der Waals surface area contributed by atoms with E-state index < -0.39 is 34.3 Å². The van der Waals surface area contributed by atoms with E-state index in [1.807, 2.05) is 68.4 Å². The van der Waals surface area contributed by atoms with Crippen molar-refractivity contribution in [1.29, 1.82) is 0 Å². The Hall–Kier alpha value is -4.50. The van der Waals surface area contributed by atoms with Crippen molar-refractivity contribution < 1.29 is 22.4 Å². The Morgan fingerprint density at radius 1 is 0.786 bits per heavy atom. The number of carbonyl (C=O) groups is 2. The van der Waals surface area contributed by atoms with Gasteiger partial charge in [-0.2, -0.15) is 0 Å². The molecule has 0 spiro atoms. The highest BCUT2D eigenvalue weighted by Crippen LogP contribution is 2.26. The minimum Gasteiger partial charge on any atom is -0.357 e. The molecule has 1 atom stereocenters. The van der Waals surface area contributed by atoms with Crippen LogP contribution in [-0.4, -0.2) is 44.8 Å². The van der Waals surface area contributed by atoms with Gasteiger partial charge in [-0.3, -0.25) is 13.9 Å². The first-order chi connectivity index (χ1) is 20.1. The molecule has 0 fully saturated rings. The van der Waals surface area contributed by atoms with Gasteiger partial charge in [0, 0.05) is 20.0 Å². The number of nitrogens with zero attached hydrogens (tertiary/aromatic N) is 2. The van der Waals surface area contributed by atoms with Crippen molar-refractivity contribution >= 4 is 27.5 Å². The molecular weight excluding hydrogens is 553 g/mol. The van der Waals surface area contributed by atoms with Crippen molar-refractivity contribution in [2.45, 2.75) is 37.8 Å². The number of hydrogen-bond acceptors (Lipinski definition) is 4. The maximum absolute atomic E-state index is 14.2. The second kappa shape index (κ2) is 13.4. The number of halogens is 1. The molecule has 4 aromatic rings. The van der Waals surface area contributed by atoms with E-state index in [0.717, 1.165) is 38.7 Å². The van der Waals surface area contributed by atoms with Gasteiger partial charge >= 0.3 is 0 Å². The molecule has 1 N–H and O–H groups in total. The maximum Gasteiger partial charge on any atom is 0.264 e. The number of aryl methyl sites for hydroxylation is 2. The summed E-state index contributed by atoms with van der Waals surface area (Å²) < 4.78 is 42.4. The molecule has 0 aliphatic carbocycles. The zero-order valence-corrected chi connectivity index (χ0v) is 24.6. The van der Waals surface area contributed by atoms with Gasteiger partial charge in [0.2, 0.25) is 11.8 Å². The average molecular weight is 588 g/mol.